The minimum atomic E-state index is 0.764. The summed E-state index contributed by atoms with van der Waals surface area (Å²) in [6, 6.07) is 23.8. The largest absolute Gasteiger partial charge is 0.386 e. The number of para-hydroxylation sites is 1. The van der Waals surface area contributed by atoms with Crippen molar-refractivity contribution in [3.05, 3.63) is 84.1 Å². The molecule has 0 unspecified atom stereocenters. The normalized spacial score (nSPS) is 11.4. The summed E-state index contributed by atoms with van der Waals surface area (Å²) in [4.78, 5) is 3.37. The van der Waals surface area contributed by atoms with E-state index in [9.17, 15) is 0 Å². The Kier molecular flexibility index (Phi) is 3.94. The van der Waals surface area contributed by atoms with Gasteiger partial charge in [0, 0.05) is 41.5 Å². The molecule has 0 fully saturated rings. The maximum atomic E-state index is 3.73. The van der Waals surface area contributed by atoms with E-state index in [1.165, 1.54) is 43.6 Å². The summed E-state index contributed by atoms with van der Waals surface area (Å²) in [6.45, 7) is 2.91. The summed E-state index contributed by atoms with van der Waals surface area (Å²) in [7, 11) is 2.00. The standard InChI is InChI=1S/C25H23N3/c1-16-11-12-21-22(13-16)19-8-3-4-9-20(19)25(24(21)26-2)28-15-17-14-27-23-10-6-5-7-18(17)23/h3-14,26-28H,15H2,1-2H3. The Hall–Kier alpha value is -3.46. The molecule has 0 aliphatic carbocycles. The predicted molar refractivity (Wildman–Crippen MR) is 121 cm³/mol. The number of anilines is 2. The second kappa shape index (κ2) is 6.61. The van der Waals surface area contributed by atoms with Crippen molar-refractivity contribution in [1.29, 1.82) is 0 Å². The van der Waals surface area contributed by atoms with Crippen molar-refractivity contribution < 1.29 is 0 Å². The Morgan fingerprint density at radius 2 is 1.46 bits per heavy atom. The number of aromatic nitrogens is 1. The zero-order valence-corrected chi connectivity index (χ0v) is 16.1. The van der Waals surface area contributed by atoms with Crippen LogP contribution in [0.1, 0.15) is 11.1 Å². The van der Waals surface area contributed by atoms with Crippen LogP contribution >= 0.6 is 0 Å². The molecule has 3 nitrogen and oxygen atoms in total. The summed E-state index contributed by atoms with van der Waals surface area (Å²) in [6.07, 6.45) is 2.10. The number of hydrogen-bond acceptors (Lipinski definition) is 2. The van der Waals surface area contributed by atoms with Gasteiger partial charge in [-0.05, 0) is 29.3 Å². The van der Waals surface area contributed by atoms with Crippen molar-refractivity contribution in [2.24, 2.45) is 0 Å². The van der Waals surface area contributed by atoms with E-state index >= 15 is 0 Å². The minimum absolute atomic E-state index is 0.764. The summed E-state index contributed by atoms with van der Waals surface area (Å²) in [5.41, 5.74) is 6.02. The zero-order valence-electron chi connectivity index (χ0n) is 16.1. The van der Waals surface area contributed by atoms with Crippen LogP contribution in [0.2, 0.25) is 0 Å². The van der Waals surface area contributed by atoms with Crippen LogP contribution in [0.3, 0.4) is 0 Å². The molecule has 5 aromatic rings. The molecule has 1 heterocycles. The van der Waals surface area contributed by atoms with Crippen LogP contribution in [0.15, 0.2) is 72.9 Å². The lowest BCUT2D eigenvalue weighted by Crippen LogP contribution is -2.04. The molecule has 0 radical (unpaired) electrons. The number of nitrogens with one attached hydrogen (secondary N) is 3. The summed E-state index contributed by atoms with van der Waals surface area (Å²) >= 11 is 0. The molecule has 0 atom stereocenters. The van der Waals surface area contributed by atoms with Gasteiger partial charge >= 0.3 is 0 Å². The van der Waals surface area contributed by atoms with Gasteiger partial charge in [-0.2, -0.15) is 0 Å². The third-order valence-electron chi connectivity index (χ3n) is 5.56. The molecular formula is C25H23N3. The van der Waals surface area contributed by atoms with E-state index in [0.717, 1.165) is 17.9 Å². The Balaban J connectivity index is 1.68. The van der Waals surface area contributed by atoms with E-state index in [-0.39, 0.29) is 0 Å². The second-order valence-corrected chi connectivity index (χ2v) is 7.31. The predicted octanol–water partition coefficient (Wildman–Crippen LogP) is 6.44. The fourth-order valence-electron chi connectivity index (χ4n) is 4.21. The maximum absolute atomic E-state index is 3.73. The van der Waals surface area contributed by atoms with Crippen LogP contribution in [0.4, 0.5) is 11.4 Å². The third-order valence-corrected chi connectivity index (χ3v) is 5.56. The highest BCUT2D eigenvalue weighted by Crippen LogP contribution is 2.40. The van der Waals surface area contributed by atoms with Crippen molar-refractivity contribution in [2.75, 3.05) is 17.7 Å². The summed E-state index contributed by atoms with van der Waals surface area (Å²) in [5, 5.41) is 13.5. The Labute approximate surface area is 164 Å². The van der Waals surface area contributed by atoms with Gasteiger partial charge in [0.05, 0.1) is 11.4 Å². The molecule has 5 rings (SSSR count). The first kappa shape index (κ1) is 16.7. The molecule has 138 valence electrons. The molecule has 4 aromatic carbocycles. The highest BCUT2D eigenvalue weighted by Gasteiger charge is 2.14. The van der Waals surface area contributed by atoms with E-state index in [4.69, 9.17) is 0 Å². The molecule has 0 saturated carbocycles. The van der Waals surface area contributed by atoms with E-state index in [1.54, 1.807) is 0 Å². The van der Waals surface area contributed by atoms with E-state index in [0.29, 0.717) is 0 Å². The van der Waals surface area contributed by atoms with Gasteiger partial charge in [0.15, 0.2) is 0 Å². The molecule has 28 heavy (non-hydrogen) atoms. The number of aromatic amines is 1. The average molecular weight is 365 g/mol. The number of fused-ring (bicyclic) bond motifs is 4. The first-order valence-electron chi connectivity index (χ1n) is 9.68. The number of benzene rings is 4. The molecule has 3 heteroatoms. The van der Waals surface area contributed by atoms with Crippen molar-refractivity contribution in [1.82, 2.24) is 4.98 Å². The second-order valence-electron chi connectivity index (χ2n) is 7.31. The molecule has 3 N–H and O–H groups in total. The highest BCUT2D eigenvalue weighted by molar-refractivity contribution is 6.20. The quantitative estimate of drug-likeness (QED) is 0.253. The van der Waals surface area contributed by atoms with E-state index < -0.39 is 0 Å². The van der Waals surface area contributed by atoms with Crippen LogP contribution < -0.4 is 10.6 Å². The number of hydrogen-bond donors (Lipinski definition) is 3. The lowest BCUT2D eigenvalue weighted by molar-refractivity contribution is 1.17. The molecule has 0 aliphatic heterocycles. The molecule has 0 aliphatic rings. The topological polar surface area (TPSA) is 39.8 Å². The van der Waals surface area contributed by atoms with Gasteiger partial charge < -0.3 is 15.6 Å². The molecule has 0 spiro atoms. The van der Waals surface area contributed by atoms with Crippen LogP contribution in [0, 0.1) is 6.92 Å². The van der Waals surface area contributed by atoms with Crippen LogP contribution in [0.25, 0.3) is 32.4 Å². The number of aryl methyl sites for hydroxylation is 1. The Morgan fingerprint density at radius 1 is 0.750 bits per heavy atom. The fourth-order valence-corrected chi connectivity index (χ4v) is 4.21. The lowest BCUT2D eigenvalue weighted by atomic mass is 9.96. The van der Waals surface area contributed by atoms with Gasteiger partial charge in [-0.3, -0.25) is 0 Å². The summed E-state index contributed by atoms with van der Waals surface area (Å²) < 4.78 is 0. The van der Waals surface area contributed by atoms with Gasteiger partial charge in [0.25, 0.3) is 0 Å². The van der Waals surface area contributed by atoms with Crippen LogP contribution in [-0.2, 0) is 6.54 Å². The van der Waals surface area contributed by atoms with Crippen molar-refractivity contribution in [2.45, 2.75) is 13.5 Å². The van der Waals surface area contributed by atoms with Crippen LogP contribution in [-0.4, -0.2) is 12.0 Å². The summed E-state index contributed by atoms with van der Waals surface area (Å²) in [5.74, 6) is 0. The highest BCUT2D eigenvalue weighted by atomic mass is 14.9. The lowest BCUT2D eigenvalue weighted by Gasteiger charge is -2.19. The van der Waals surface area contributed by atoms with Gasteiger partial charge in [-0.1, -0.05) is 66.2 Å². The Morgan fingerprint density at radius 3 is 2.29 bits per heavy atom. The monoisotopic (exact) mass is 365 g/mol. The van der Waals surface area contributed by atoms with Crippen molar-refractivity contribution >= 4 is 43.8 Å². The van der Waals surface area contributed by atoms with Crippen molar-refractivity contribution in [3.8, 4) is 0 Å². The van der Waals surface area contributed by atoms with Gasteiger partial charge in [-0.15, -0.1) is 0 Å². The third kappa shape index (κ3) is 2.59. The maximum Gasteiger partial charge on any atom is 0.0664 e. The van der Waals surface area contributed by atoms with Gasteiger partial charge in [0.2, 0.25) is 0 Å². The molecular weight excluding hydrogens is 342 g/mol. The van der Waals surface area contributed by atoms with E-state index in [1.807, 2.05) is 7.05 Å². The zero-order chi connectivity index (χ0) is 19.1. The first-order chi connectivity index (χ1) is 13.8. The van der Waals surface area contributed by atoms with E-state index in [2.05, 4.69) is 95.5 Å². The average Bonchev–Trinajstić information content (AvgIpc) is 3.15. The Bertz CT molecular complexity index is 1310. The van der Waals surface area contributed by atoms with Gasteiger partial charge in [-0.25, -0.2) is 0 Å². The molecule has 0 saturated heterocycles. The first-order valence-corrected chi connectivity index (χ1v) is 9.68. The number of rotatable bonds is 4. The molecule has 0 bridgehead atoms. The number of H-pyrrole nitrogens is 1. The fraction of sp³-hybridized carbons (Fsp3) is 0.120. The van der Waals surface area contributed by atoms with Crippen molar-refractivity contribution in [3.63, 3.8) is 0 Å². The van der Waals surface area contributed by atoms with Gasteiger partial charge in [0.1, 0.15) is 0 Å². The molecule has 1 aromatic heterocycles. The SMILES string of the molecule is CNc1c(NCc2c[nH]c3ccccc23)c2ccccc2c2cc(C)ccc12. The smallest absolute Gasteiger partial charge is 0.0664 e. The van der Waals surface area contributed by atoms with Crippen LogP contribution in [0.5, 0.6) is 0 Å². The minimum Gasteiger partial charge on any atom is -0.386 e. The molecule has 0 amide bonds.